The van der Waals surface area contributed by atoms with Crippen molar-refractivity contribution in [1.29, 1.82) is 42.1 Å². The maximum absolute atomic E-state index is 15.2. The van der Waals surface area contributed by atoms with Crippen molar-refractivity contribution in [3.05, 3.63) is 164 Å². The van der Waals surface area contributed by atoms with Crippen LogP contribution in [0.15, 0.2) is 97.1 Å². The minimum absolute atomic E-state index is 0.00385. The van der Waals surface area contributed by atoms with Gasteiger partial charge in [-0.15, -0.1) is 26.3 Å². The van der Waals surface area contributed by atoms with Crippen molar-refractivity contribution in [3.63, 3.8) is 0 Å². The standard InChI is InChI=1S/C48H18F6N8O2/c49-47(50,51)63-45-41-35(23-61)37(29-7-3-1-4-8-29)39(33(21-59)31-13-25(17-55)11-26(14-31)18-56)43(41)46(64-48(52,53)54)44-40(34(22-60)32-15-27(19-57)12-28(16-32)20-58)38(36(24-62)42(44)45)30-9-5-2-6-10-30/h1-16,33,39H/b40-34+. The molecule has 7 rings (SSSR count). The fraction of sp³-hybridized carbons (Fsp3) is 0.0833. The maximum atomic E-state index is 15.2. The van der Waals surface area contributed by atoms with Crippen LogP contribution in [0.25, 0.3) is 33.4 Å². The molecule has 2 atom stereocenters. The number of fused-ring (bicyclic) bond motifs is 2. The van der Waals surface area contributed by atoms with Gasteiger partial charge in [0.25, 0.3) is 0 Å². The van der Waals surface area contributed by atoms with Crippen molar-refractivity contribution in [1.82, 2.24) is 0 Å². The first-order valence-corrected chi connectivity index (χ1v) is 18.3. The van der Waals surface area contributed by atoms with E-state index >= 15 is 13.2 Å². The Balaban J connectivity index is 1.81. The van der Waals surface area contributed by atoms with Crippen molar-refractivity contribution in [2.75, 3.05) is 0 Å². The summed E-state index contributed by atoms with van der Waals surface area (Å²) in [6.07, 6.45) is -11.4. The van der Waals surface area contributed by atoms with Crippen LogP contribution in [0.1, 0.15) is 78.6 Å². The van der Waals surface area contributed by atoms with Crippen LogP contribution >= 0.6 is 0 Å². The van der Waals surface area contributed by atoms with Gasteiger partial charge in [0.2, 0.25) is 0 Å². The van der Waals surface area contributed by atoms with Crippen molar-refractivity contribution < 1.29 is 35.8 Å². The summed E-state index contributed by atoms with van der Waals surface area (Å²) in [5, 5.41) is 83.4. The van der Waals surface area contributed by atoms with Crippen LogP contribution in [-0.2, 0) is 0 Å². The number of ether oxygens (including phenoxy) is 2. The number of alkyl halides is 6. The van der Waals surface area contributed by atoms with Crippen LogP contribution in [0.5, 0.6) is 11.5 Å². The van der Waals surface area contributed by atoms with E-state index in [0.29, 0.717) is 0 Å². The molecule has 16 heteroatoms. The third kappa shape index (κ3) is 7.45. The molecule has 5 aromatic rings. The Morgan fingerprint density at radius 1 is 0.531 bits per heavy atom. The number of halogens is 6. The van der Waals surface area contributed by atoms with Crippen LogP contribution in [0.2, 0.25) is 0 Å². The summed E-state index contributed by atoms with van der Waals surface area (Å²) in [6, 6.07) is 35.9. The highest BCUT2D eigenvalue weighted by Gasteiger charge is 2.51. The number of nitriles is 8. The van der Waals surface area contributed by atoms with E-state index in [0.717, 1.165) is 36.4 Å². The van der Waals surface area contributed by atoms with Gasteiger partial charge < -0.3 is 9.47 Å². The topological polar surface area (TPSA) is 209 Å². The molecule has 0 fully saturated rings. The number of hydrogen-bond acceptors (Lipinski definition) is 10. The van der Waals surface area contributed by atoms with Gasteiger partial charge in [-0.05, 0) is 64.2 Å². The third-order valence-corrected chi connectivity index (χ3v) is 10.3. The smallest absolute Gasteiger partial charge is 0.405 e. The fourth-order valence-electron chi connectivity index (χ4n) is 8.11. The van der Waals surface area contributed by atoms with E-state index in [-0.39, 0.29) is 50.1 Å². The van der Waals surface area contributed by atoms with Gasteiger partial charge in [0.1, 0.15) is 29.7 Å². The molecule has 0 spiro atoms. The normalized spacial score (nSPS) is 15.1. The first kappa shape index (κ1) is 42.5. The first-order chi connectivity index (χ1) is 30.6. The first-order valence-electron chi connectivity index (χ1n) is 18.3. The Kier molecular flexibility index (Phi) is 10.9. The summed E-state index contributed by atoms with van der Waals surface area (Å²) < 4.78 is 100. The molecular weight excluding hydrogens is 835 g/mol. The van der Waals surface area contributed by atoms with Crippen LogP contribution in [0, 0.1) is 90.6 Å². The molecule has 0 heterocycles. The maximum Gasteiger partial charge on any atom is 0.573 e. The Bertz CT molecular complexity index is 3230. The Morgan fingerprint density at radius 2 is 1.02 bits per heavy atom. The van der Waals surface area contributed by atoms with Crippen molar-refractivity contribution in [2.24, 2.45) is 0 Å². The molecule has 64 heavy (non-hydrogen) atoms. The fourth-order valence-corrected chi connectivity index (χ4v) is 8.11. The highest BCUT2D eigenvalue weighted by Crippen LogP contribution is 2.66. The van der Waals surface area contributed by atoms with E-state index < -0.39 is 86.2 Å². The highest BCUT2D eigenvalue weighted by atomic mass is 19.4. The zero-order valence-corrected chi connectivity index (χ0v) is 32.1. The lowest BCUT2D eigenvalue weighted by atomic mass is 9.76. The molecule has 5 aromatic carbocycles. The molecule has 304 valence electrons. The summed E-state index contributed by atoms with van der Waals surface area (Å²) in [5.74, 6) is -6.38. The number of benzene rings is 5. The van der Waals surface area contributed by atoms with E-state index in [4.69, 9.17) is 9.47 Å². The molecule has 0 aromatic heterocycles. The molecule has 0 aliphatic heterocycles. The molecule has 2 unspecified atom stereocenters. The van der Waals surface area contributed by atoms with Gasteiger partial charge in [-0.3, -0.25) is 0 Å². The predicted octanol–water partition coefficient (Wildman–Crippen LogP) is 10.7. The lowest BCUT2D eigenvalue weighted by Gasteiger charge is -2.28. The zero-order valence-electron chi connectivity index (χ0n) is 32.1. The van der Waals surface area contributed by atoms with Gasteiger partial charge in [0.05, 0.1) is 75.2 Å². The number of nitrogens with zero attached hydrogens (tertiary/aromatic N) is 8. The Labute approximate surface area is 359 Å². The molecule has 0 radical (unpaired) electrons. The number of allylic oxidation sites excluding steroid dienone is 6. The second kappa shape index (κ2) is 16.5. The van der Waals surface area contributed by atoms with Gasteiger partial charge in [0.15, 0.2) is 0 Å². The lowest BCUT2D eigenvalue weighted by molar-refractivity contribution is -0.277. The van der Waals surface area contributed by atoms with Crippen molar-refractivity contribution >= 4 is 33.4 Å². The van der Waals surface area contributed by atoms with Crippen LogP contribution < -0.4 is 9.47 Å². The Morgan fingerprint density at radius 3 is 1.47 bits per heavy atom. The highest BCUT2D eigenvalue weighted by molar-refractivity contribution is 6.32. The van der Waals surface area contributed by atoms with Gasteiger partial charge in [-0.25, -0.2) is 0 Å². The van der Waals surface area contributed by atoms with Gasteiger partial charge in [-0.1, -0.05) is 60.7 Å². The van der Waals surface area contributed by atoms with Crippen LogP contribution in [0.4, 0.5) is 26.3 Å². The zero-order chi connectivity index (χ0) is 46.1. The Hall–Kier alpha value is -9.58. The van der Waals surface area contributed by atoms with Crippen LogP contribution in [0.3, 0.4) is 0 Å². The van der Waals surface area contributed by atoms with E-state index in [1.54, 1.807) is 6.07 Å². The quantitative estimate of drug-likeness (QED) is 0.112. The largest absolute Gasteiger partial charge is 0.573 e. The van der Waals surface area contributed by atoms with Crippen LogP contribution in [-0.4, -0.2) is 12.7 Å². The summed E-state index contributed by atoms with van der Waals surface area (Å²) >= 11 is 0. The number of hydrogen-bond donors (Lipinski definition) is 0. The predicted molar refractivity (Wildman–Crippen MR) is 213 cm³/mol. The summed E-state index contributed by atoms with van der Waals surface area (Å²) in [4.78, 5) is 0. The second-order valence-corrected chi connectivity index (χ2v) is 13.8. The molecule has 0 saturated heterocycles. The third-order valence-electron chi connectivity index (χ3n) is 10.3. The van der Waals surface area contributed by atoms with E-state index in [2.05, 4.69) is 0 Å². The minimum Gasteiger partial charge on any atom is -0.405 e. The minimum atomic E-state index is -5.72. The van der Waals surface area contributed by atoms with Gasteiger partial charge in [-0.2, -0.15) is 42.1 Å². The average Bonchev–Trinajstić information content (AvgIpc) is 3.81. The number of rotatable bonds is 7. The molecule has 2 aliphatic carbocycles. The van der Waals surface area contributed by atoms with E-state index in [1.165, 1.54) is 60.7 Å². The monoisotopic (exact) mass is 852 g/mol. The van der Waals surface area contributed by atoms with E-state index in [1.807, 2.05) is 42.5 Å². The van der Waals surface area contributed by atoms with E-state index in [9.17, 15) is 55.3 Å². The molecule has 10 nitrogen and oxygen atoms in total. The molecule has 0 bridgehead atoms. The van der Waals surface area contributed by atoms with Gasteiger partial charge in [0, 0.05) is 39.3 Å². The molecular formula is C48H18F6N8O2. The SMILES string of the molecule is N#CC1=C(c2ccccc2)/C(=C(/C#N)c2cc(C#N)cc(C#N)c2)c2c(OC(F)(F)F)c3c(c(OC(F)(F)F)c21)C(C#N)=C(c1ccccc1)C3C(C#N)c1cc(C#N)cc(C#N)c1. The molecule has 0 saturated carbocycles. The summed E-state index contributed by atoms with van der Waals surface area (Å²) in [7, 11) is 0. The second-order valence-electron chi connectivity index (χ2n) is 13.8. The molecule has 0 N–H and O–H groups in total. The lowest BCUT2D eigenvalue weighted by Crippen LogP contribution is -2.23. The van der Waals surface area contributed by atoms with Crippen molar-refractivity contribution in [2.45, 2.75) is 24.6 Å². The summed E-state index contributed by atoms with van der Waals surface area (Å²) in [6.45, 7) is 0. The average molecular weight is 853 g/mol. The summed E-state index contributed by atoms with van der Waals surface area (Å²) in [5.41, 5.74) is -8.23. The van der Waals surface area contributed by atoms with Crippen molar-refractivity contribution in [3.8, 4) is 60.1 Å². The van der Waals surface area contributed by atoms with Gasteiger partial charge >= 0.3 is 12.7 Å². The molecule has 2 aliphatic rings. The molecule has 0 amide bonds.